The number of aryl methyl sites for hydroxylation is 1. The highest BCUT2D eigenvalue weighted by molar-refractivity contribution is 5.85. The topological polar surface area (TPSA) is 67.2 Å². The largest absolute Gasteiger partial charge is 0.376 e. The van der Waals surface area contributed by atoms with Crippen LogP contribution in [0.25, 0.3) is 0 Å². The molecule has 1 heterocycles. The molecule has 0 spiro atoms. The van der Waals surface area contributed by atoms with Gasteiger partial charge in [0.05, 0.1) is 6.20 Å². The summed E-state index contributed by atoms with van der Waals surface area (Å²) in [5.41, 5.74) is -0.762. The third-order valence-electron chi connectivity index (χ3n) is 3.04. The fraction of sp³-hybridized carbons (Fsp3) is 0.286. The molecule has 1 aromatic heterocycles. The van der Waals surface area contributed by atoms with Gasteiger partial charge in [0.1, 0.15) is 5.82 Å². The molecule has 0 radical (unpaired) electrons. The average Bonchev–Trinajstić information content (AvgIpc) is 2.81. The van der Waals surface area contributed by atoms with Crippen molar-refractivity contribution in [2.75, 3.05) is 0 Å². The second kappa shape index (κ2) is 5.42. The van der Waals surface area contributed by atoms with E-state index in [0.717, 1.165) is 11.6 Å². The number of nitrogens with zero attached hydrogens (tertiary/aromatic N) is 2. The maximum Gasteiger partial charge on any atom is 0.256 e. The summed E-state index contributed by atoms with van der Waals surface area (Å²) in [4.78, 5) is 12.0. The van der Waals surface area contributed by atoms with Crippen molar-refractivity contribution in [3.8, 4) is 0 Å². The molecule has 0 saturated heterocycles. The van der Waals surface area contributed by atoms with Crippen molar-refractivity contribution in [3.05, 3.63) is 53.6 Å². The van der Waals surface area contributed by atoms with Gasteiger partial charge >= 0.3 is 0 Å². The minimum absolute atomic E-state index is 0.209. The first-order valence-corrected chi connectivity index (χ1v) is 6.14. The smallest absolute Gasteiger partial charge is 0.256 e. The first-order valence-electron chi connectivity index (χ1n) is 6.14. The zero-order valence-electron chi connectivity index (χ0n) is 11.3. The predicted octanol–water partition coefficient (Wildman–Crippen LogP) is 1.08. The zero-order valence-corrected chi connectivity index (χ0v) is 11.3. The Labute approximate surface area is 116 Å². The molecule has 1 aromatic carbocycles. The minimum Gasteiger partial charge on any atom is -0.376 e. The third kappa shape index (κ3) is 3.03. The van der Waals surface area contributed by atoms with E-state index >= 15 is 0 Å². The number of halogens is 1. The minimum atomic E-state index is -1.79. The predicted molar refractivity (Wildman–Crippen MR) is 71.0 cm³/mol. The van der Waals surface area contributed by atoms with Crippen LogP contribution in [0.15, 0.2) is 36.7 Å². The summed E-state index contributed by atoms with van der Waals surface area (Å²) >= 11 is 0. The van der Waals surface area contributed by atoms with Crippen LogP contribution in [0, 0.1) is 5.82 Å². The molecule has 0 aliphatic heterocycles. The maximum absolute atomic E-state index is 13.2. The highest BCUT2D eigenvalue weighted by atomic mass is 19.1. The number of carbonyl (C=O) groups excluding carboxylic acids is 1. The number of benzene rings is 1. The Morgan fingerprint density at radius 2 is 2.30 bits per heavy atom. The summed E-state index contributed by atoms with van der Waals surface area (Å²) in [6, 6.07) is 5.36. The summed E-state index contributed by atoms with van der Waals surface area (Å²) in [6.45, 7) is 1.58. The van der Waals surface area contributed by atoms with Crippen molar-refractivity contribution >= 4 is 5.91 Å². The second-order valence-electron chi connectivity index (χ2n) is 4.79. The van der Waals surface area contributed by atoms with E-state index in [9.17, 15) is 14.3 Å². The van der Waals surface area contributed by atoms with Crippen molar-refractivity contribution in [3.63, 3.8) is 0 Å². The number of aromatic nitrogens is 2. The third-order valence-corrected chi connectivity index (χ3v) is 3.04. The van der Waals surface area contributed by atoms with Crippen LogP contribution in [0.5, 0.6) is 0 Å². The van der Waals surface area contributed by atoms with Gasteiger partial charge in [0, 0.05) is 25.4 Å². The average molecular weight is 277 g/mol. The van der Waals surface area contributed by atoms with Gasteiger partial charge in [0.15, 0.2) is 5.60 Å². The Bertz CT molecular complexity index is 622. The number of aliphatic hydroxyl groups is 1. The highest BCUT2D eigenvalue weighted by Gasteiger charge is 2.32. The molecule has 1 amide bonds. The molecule has 0 fully saturated rings. The maximum atomic E-state index is 13.2. The number of nitrogens with one attached hydrogen (secondary N) is 1. The van der Waals surface area contributed by atoms with E-state index in [2.05, 4.69) is 10.4 Å². The Hall–Kier alpha value is -2.21. The van der Waals surface area contributed by atoms with E-state index in [4.69, 9.17) is 0 Å². The van der Waals surface area contributed by atoms with Crippen LogP contribution in [0.3, 0.4) is 0 Å². The van der Waals surface area contributed by atoms with Gasteiger partial charge in [-0.05, 0) is 24.6 Å². The SMILES string of the molecule is Cn1cc(CNC(=O)[C@@](C)(O)c2cccc(F)c2)cn1. The standard InChI is InChI=1S/C14H16FN3O2/c1-14(20,11-4-3-5-12(15)6-11)13(19)16-7-10-8-17-18(2)9-10/h3-6,8-9,20H,7H2,1-2H3,(H,16,19)/t14-/m0/s1. The van der Waals surface area contributed by atoms with E-state index in [1.54, 1.807) is 24.1 Å². The van der Waals surface area contributed by atoms with Crippen molar-refractivity contribution in [2.45, 2.75) is 19.1 Å². The van der Waals surface area contributed by atoms with E-state index in [1.807, 2.05) is 0 Å². The molecular weight excluding hydrogens is 261 g/mol. The molecular formula is C14H16FN3O2. The molecule has 106 valence electrons. The van der Waals surface area contributed by atoms with Gasteiger partial charge in [0.2, 0.25) is 0 Å². The molecule has 0 bridgehead atoms. The number of hydrogen-bond acceptors (Lipinski definition) is 3. The zero-order chi connectivity index (χ0) is 14.8. The Morgan fingerprint density at radius 1 is 1.55 bits per heavy atom. The summed E-state index contributed by atoms with van der Waals surface area (Å²) < 4.78 is 14.8. The van der Waals surface area contributed by atoms with Crippen molar-refractivity contribution in [2.24, 2.45) is 7.05 Å². The lowest BCUT2D eigenvalue weighted by Gasteiger charge is -2.22. The van der Waals surface area contributed by atoms with Crippen LogP contribution in [-0.2, 0) is 24.0 Å². The van der Waals surface area contributed by atoms with E-state index in [0.29, 0.717) is 0 Å². The molecule has 2 rings (SSSR count). The lowest BCUT2D eigenvalue weighted by molar-refractivity contribution is -0.139. The fourth-order valence-corrected chi connectivity index (χ4v) is 1.84. The lowest BCUT2D eigenvalue weighted by Crippen LogP contribution is -2.41. The van der Waals surface area contributed by atoms with Gasteiger partial charge in [0.25, 0.3) is 5.91 Å². The highest BCUT2D eigenvalue weighted by Crippen LogP contribution is 2.21. The molecule has 2 N–H and O–H groups in total. The molecule has 6 heteroatoms. The molecule has 20 heavy (non-hydrogen) atoms. The molecule has 0 aliphatic carbocycles. The second-order valence-corrected chi connectivity index (χ2v) is 4.79. The van der Waals surface area contributed by atoms with Gasteiger partial charge in [-0.2, -0.15) is 5.10 Å². The van der Waals surface area contributed by atoms with Crippen molar-refractivity contribution < 1.29 is 14.3 Å². The Morgan fingerprint density at radius 3 is 2.90 bits per heavy atom. The van der Waals surface area contributed by atoms with Gasteiger partial charge in [-0.15, -0.1) is 0 Å². The van der Waals surface area contributed by atoms with E-state index in [1.165, 1.54) is 25.1 Å². The molecule has 1 atom stereocenters. The normalized spacial score (nSPS) is 13.8. The van der Waals surface area contributed by atoms with Gasteiger partial charge < -0.3 is 10.4 Å². The van der Waals surface area contributed by atoms with E-state index < -0.39 is 17.3 Å². The van der Waals surface area contributed by atoms with Crippen LogP contribution in [0.1, 0.15) is 18.1 Å². The van der Waals surface area contributed by atoms with E-state index in [-0.39, 0.29) is 12.1 Å². The Kier molecular flexibility index (Phi) is 3.85. The van der Waals surface area contributed by atoms with Crippen LogP contribution in [-0.4, -0.2) is 20.8 Å². The summed E-state index contributed by atoms with van der Waals surface area (Å²) in [6.07, 6.45) is 3.38. The number of hydrogen-bond donors (Lipinski definition) is 2. The summed E-state index contributed by atoms with van der Waals surface area (Å²) in [7, 11) is 1.77. The quantitative estimate of drug-likeness (QED) is 0.879. The van der Waals surface area contributed by atoms with Gasteiger partial charge in [-0.25, -0.2) is 4.39 Å². The van der Waals surface area contributed by atoms with Crippen LogP contribution < -0.4 is 5.32 Å². The molecule has 5 nitrogen and oxygen atoms in total. The summed E-state index contributed by atoms with van der Waals surface area (Å²) in [5, 5.41) is 16.8. The van der Waals surface area contributed by atoms with Crippen LogP contribution in [0.4, 0.5) is 4.39 Å². The fourth-order valence-electron chi connectivity index (χ4n) is 1.84. The number of carbonyl (C=O) groups is 1. The number of amides is 1. The lowest BCUT2D eigenvalue weighted by atomic mass is 9.95. The monoisotopic (exact) mass is 277 g/mol. The molecule has 2 aromatic rings. The van der Waals surface area contributed by atoms with Crippen molar-refractivity contribution in [1.29, 1.82) is 0 Å². The number of rotatable bonds is 4. The Balaban J connectivity index is 2.07. The van der Waals surface area contributed by atoms with Crippen LogP contribution in [0.2, 0.25) is 0 Å². The molecule has 0 saturated carbocycles. The summed E-state index contributed by atoms with van der Waals surface area (Å²) in [5.74, 6) is -1.09. The first-order chi connectivity index (χ1) is 9.39. The molecule has 0 unspecified atom stereocenters. The van der Waals surface area contributed by atoms with Crippen LogP contribution >= 0.6 is 0 Å². The van der Waals surface area contributed by atoms with Gasteiger partial charge in [-0.3, -0.25) is 9.48 Å². The first kappa shape index (κ1) is 14.2. The van der Waals surface area contributed by atoms with Crippen molar-refractivity contribution in [1.82, 2.24) is 15.1 Å². The molecule has 0 aliphatic rings. The van der Waals surface area contributed by atoms with Gasteiger partial charge in [-0.1, -0.05) is 12.1 Å².